The lowest BCUT2D eigenvalue weighted by atomic mass is 10.1. The van der Waals surface area contributed by atoms with E-state index in [4.69, 9.17) is 0 Å². The molecule has 0 bridgehead atoms. The van der Waals surface area contributed by atoms with Crippen molar-refractivity contribution in [2.24, 2.45) is 0 Å². The van der Waals surface area contributed by atoms with Crippen LogP contribution in [0.15, 0.2) is 29.8 Å². The molecule has 2 rings (SSSR count). The van der Waals surface area contributed by atoms with E-state index in [1.165, 1.54) is 37.0 Å². The predicted octanol–water partition coefficient (Wildman–Crippen LogP) is 3.32. The maximum Gasteiger partial charge on any atom is 0.304 e. The van der Waals surface area contributed by atoms with Gasteiger partial charge < -0.3 is 5.32 Å². The molecule has 0 aromatic heterocycles. The van der Waals surface area contributed by atoms with E-state index in [2.05, 4.69) is 11.4 Å². The second-order valence-corrected chi connectivity index (χ2v) is 4.72. The van der Waals surface area contributed by atoms with Crippen LogP contribution in [-0.4, -0.2) is 11.5 Å². The Morgan fingerprint density at radius 3 is 2.89 bits per heavy atom. The molecule has 1 aromatic rings. The molecule has 4 nitrogen and oxygen atoms in total. The molecule has 1 aromatic carbocycles. The van der Waals surface area contributed by atoms with Crippen LogP contribution in [0.25, 0.3) is 0 Å². The second kappa shape index (κ2) is 6.43. The lowest BCUT2D eigenvalue weighted by Gasteiger charge is -2.06. The first-order chi connectivity index (χ1) is 9.16. The minimum absolute atomic E-state index is 0.472. The molecule has 1 aliphatic carbocycles. The van der Waals surface area contributed by atoms with Crippen LogP contribution in [-0.2, 0) is 6.54 Å². The summed E-state index contributed by atoms with van der Waals surface area (Å²) in [7, 11) is 0. The number of rotatable bonds is 6. The molecule has 0 saturated heterocycles. The van der Waals surface area contributed by atoms with Gasteiger partial charge in [0.15, 0.2) is 0 Å². The molecule has 0 atom stereocenters. The van der Waals surface area contributed by atoms with E-state index in [0.29, 0.717) is 6.54 Å². The quantitative estimate of drug-likeness (QED) is 0.371. The first kappa shape index (κ1) is 13.7. The van der Waals surface area contributed by atoms with Gasteiger partial charge in [0.25, 0.3) is 0 Å². The van der Waals surface area contributed by atoms with Crippen LogP contribution in [0.4, 0.5) is 10.1 Å². The van der Waals surface area contributed by atoms with E-state index in [9.17, 15) is 14.5 Å². The Labute approximate surface area is 111 Å². The molecule has 0 fully saturated rings. The summed E-state index contributed by atoms with van der Waals surface area (Å²) in [5.41, 5.74) is 1.74. The van der Waals surface area contributed by atoms with Gasteiger partial charge in [-0.2, -0.15) is 4.39 Å². The van der Waals surface area contributed by atoms with Crippen molar-refractivity contribution in [3.05, 3.63) is 51.3 Å². The van der Waals surface area contributed by atoms with Crippen LogP contribution >= 0.6 is 0 Å². The molecule has 0 radical (unpaired) electrons. The van der Waals surface area contributed by atoms with Gasteiger partial charge in [-0.15, -0.1) is 0 Å². The van der Waals surface area contributed by atoms with Gasteiger partial charge >= 0.3 is 5.69 Å². The number of nitro groups is 1. The zero-order valence-corrected chi connectivity index (χ0v) is 10.7. The smallest absolute Gasteiger partial charge is 0.304 e. The second-order valence-electron chi connectivity index (χ2n) is 4.72. The molecule has 0 aliphatic heterocycles. The van der Waals surface area contributed by atoms with Gasteiger partial charge in [0.05, 0.1) is 4.92 Å². The van der Waals surface area contributed by atoms with Gasteiger partial charge in [0, 0.05) is 12.6 Å². The summed E-state index contributed by atoms with van der Waals surface area (Å²) in [6, 6.07) is 4.02. The van der Waals surface area contributed by atoms with E-state index in [0.717, 1.165) is 18.5 Å². The minimum Gasteiger partial charge on any atom is -0.312 e. The Morgan fingerprint density at radius 2 is 2.26 bits per heavy atom. The number of nitro benzene ring substituents is 1. The predicted molar refractivity (Wildman–Crippen MR) is 71.3 cm³/mol. The summed E-state index contributed by atoms with van der Waals surface area (Å²) >= 11 is 0. The molecule has 0 amide bonds. The van der Waals surface area contributed by atoms with Gasteiger partial charge in [-0.25, -0.2) is 0 Å². The Balaban J connectivity index is 1.79. The van der Waals surface area contributed by atoms with E-state index < -0.39 is 16.4 Å². The number of nitrogens with zero attached hydrogens (tertiary/aromatic N) is 1. The van der Waals surface area contributed by atoms with Crippen molar-refractivity contribution >= 4 is 5.69 Å². The summed E-state index contributed by atoms with van der Waals surface area (Å²) < 4.78 is 13.4. The fraction of sp³-hybridized carbons (Fsp3) is 0.429. The molecule has 0 spiro atoms. The van der Waals surface area contributed by atoms with Crippen molar-refractivity contribution in [2.45, 2.75) is 32.2 Å². The van der Waals surface area contributed by atoms with E-state index in [1.807, 2.05) is 0 Å². The van der Waals surface area contributed by atoms with Crippen molar-refractivity contribution < 1.29 is 9.31 Å². The largest absolute Gasteiger partial charge is 0.312 e. The Kier molecular flexibility index (Phi) is 4.63. The highest BCUT2D eigenvalue weighted by Gasteiger charge is 2.13. The number of hydrogen-bond acceptors (Lipinski definition) is 3. The maximum atomic E-state index is 13.4. The fourth-order valence-electron chi connectivity index (χ4n) is 2.25. The van der Waals surface area contributed by atoms with E-state index in [1.54, 1.807) is 6.07 Å². The van der Waals surface area contributed by atoms with E-state index >= 15 is 0 Å². The molecule has 0 unspecified atom stereocenters. The van der Waals surface area contributed by atoms with Crippen LogP contribution in [0.5, 0.6) is 0 Å². The summed E-state index contributed by atoms with van der Waals surface area (Å²) in [6.07, 6.45) is 6.93. The fourth-order valence-corrected chi connectivity index (χ4v) is 2.25. The molecular weight excluding hydrogens is 247 g/mol. The van der Waals surface area contributed by atoms with Crippen molar-refractivity contribution in [1.82, 2.24) is 5.32 Å². The highest BCUT2D eigenvalue weighted by Crippen LogP contribution is 2.20. The first-order valence-electron chi connectivity index (χ1n) is 6.48. The van der Waals surface area contributed by atoms with Crippen LogP contribution < -0.4 is 5.32 Å². The average Bonchev–Trinajstić information content (AvgIpc) is 2.87. The van der Waals surface area contributed by atoms with Gasteiger partial charge in [0.1, 0.15) is 0 Å². The standard InChI is InChI=1S/C14H17FN2O2/c15-13-9-12(5-6-14(13)17(18)19)10-16-8-7-11-3-1-2-4-11/h3,5-6,9,16H,1-2,4,7-8,10H2. The van der Waals surface area contributed by atoms with Crippen molar-refractivity contribution in [2.75, 3.05) is 6.54 Å². The van der Waals surface area contributed by atoms with Crippen molar-refractivity contribution in [3.8, 4) is 0 Å². The molecule has 1 N–H and O–H groups in total. The van der Waals surface area contributed by atoms with Crippen molar-refractivity contribution in [1.29, 1.82) is 0 Å². The van der Waals surface area contributed by atoms with Gasteiger partial charge in [-0.3, -0.25) is 10.1 Å². The topological polar surface area (TPSA) is 55.2 Å². The van der Waals surface area contributed by atoms with Gasteiger partial charge in [0.2, 0.25) is 5.82 Å². The van der Waals surface area contributed by atoms with Crippen molar-refractivity contribution in [3.63, 3.8) is 0 Å². The number of halogens is 1. The monoisotopic (exact) mass is 264 g/mol. The highest BCUT2D eigenvalue weighted by molar-refractivity contribution is 5.34. The lowest BCUT2D eigenvalue weighted by molar-refractivity contribution is -0.387. The molecule has 5 heteroatoms. The van der Waals surface area contributed by atoms with Gasteiger partial charge in [-0.1, -0.05) is 17.7 Å². The Hall–Kier alpha value is -1.75. The maximum absolute atomic E-state index is 13.4. The van der Waals surface area contributed by atoms with Crippen LogP contribution in [0.2, 0.25) is 0 Å². The zero-order valence-electron chi connectivity index (χ0n) is 10.7. The number of nitrogens with one attached hydrogen (secondary N) is 1. The zero-order chi connectivity index (χ0) is 13.7. The summed E-state index contributed by atoms with van der Waals surface area (Å²) in [4.78, 5) is 9.77. The Bertz CT molecular complexity index is 500. The number of benzene rings is 1. The van der Waals surface area contributed by atoms with E-state index in [-0.39, 0.29) is 0 Å². The molecule has 1 aliphatic rings. The lowest BCUT2D eigenvalue weighted by Crippen LogP contribution is -2.15. The van der Waals surface area contributed by atoms with Gasteiger partial charge in [-0.05, 0) is 43.9 Å². The third-order valence-electron chi connectivity index (χ3n) is 3.30. The number of allylic oxidation sites excluding steroid dienone is 1. The minimum atomic E-state index is -0.775. The molecule has 0 saturated carbocycles. The normalized spacial score (nSPS) is 14.5. The summed E-state index contributed by atoms with van der Waals surface area (Å²) in [5, 5.41) is 13.7. The van der Waals surface area contributed by atoms with Crippen LogP contribution in [0.3, 0.4) is 0 Å². The third kappa shape index (κ3) is 3.86. The number of hydrogen-bond donors (Lipinski definition) is 1. The average molecular weight is 264 g/mol. The molecule has 19 heavy (non-hydrogen) atoms. The first-order valence-corrected chi connectivity index (χ1v) is 6.48. The molecule has 102 valence electrons. The summed E-state index contributed by atoms with van der Waals surface area (Å²) in [6.45, 7) is 1.38. The summed E-state index contributed by atoms with van der Waals surface area (Å²) in [5.74, 6) is -0.775. The SMILES string of the molecule is O=[N+]([O-])c1ccc(CNCCC2=CCCC2)cc1F. The highest BCUT2D eigenvalue weighted by atomic mass is 19.1. The van der Waals surface area contributed by atoms with Crippen LogP contribution in [0, 0.1) is 15.9 Å². The molecule has 0 heterocycles. The third-order valence-corrected chi connectivity index (χ3v) is 3.30. The molecular formula is C14H17FN2O2. The van der Waals surface area contributed by atoms with Crippen LogP contribution in [0.1, 0.15) is 31.2 Å². The Morgan fingerprint density at radius 1 is 1.42 bits per heavy atom.